The van der Waals surface area contributed by atoms with Gasteiger partial charge in [0.2, 0.25) is 15.9 Å². The first kappa shape index (κ1) is 22.7. The summed E-state index contributed by atoms with van der Waals surface area (Å²) in [6.07, 6.45) is 2.50. The number of hydrogen-bond acceptors (Lipinski definition) is 3. The molecule has 1 aliphatic rings. The Labute approximate surface area is 182 Å². The predicted molar refractivity (Wildman–Crippen MR) is 116 cm³/mol. The molecule has 5 nitrogen and oxygen atoms in total. The van der Waals surface area contributed by atoms with E-state index in [1.165, 1.54) is 22.5 Å². The molecular formula is C22H26ClFN2O3S. The molecule has 3 rings (SSSR count). The molecule has 2 aromatic carbocycles. The number of sulfonamides is 1. The van der Waals surface area contributed by atoms with Crippen LogP contribution in [-0.2, 0) is 27.0 Å². The number of piperidine rings is 1. The third kappa shape index (κ3) is 6.03. The molecule has 1 heterocycles. The number of rotatable bonds is 8. The van der Waals surface area contributed by atoms with Crippen LogP contribution in [0.5, 0.6) is 0 Å². The van der Waals surface area contributed by atoms with Gasteiger partial charge in [0.05, 0.1) is 5.75 Å². The number of hydrogen-bond donors (Lipinski definition) is 1. The van der Waals surface area contributed by atoms with Gasteiger partial charge in [0, 0.05) is 36.1 Å². The molecule has 1 amide bonds. The summed E-state index contributed by atoms with van der Waals surface area (Å²) < 4.78 is 40.4. The van der Waals surface area contributed by atoms with Gasteiger partial charge in [0.15, 0.2) is 0 Å². The molecule has 0 bridgehead atoms. The lowest BCUT2D eigenvalue weighted by molar-refractivity contribution is -0.126. The molecule has 0 aromatic heterocycles. The van der Waals surface area contributed by atoms with Crippen LogP contribution in [0.25, 0.3) is 0 Å². The first-order valence-corrected chi connectivity index (χ1v) is 12.1. The molecule has 0 radical (unpaired) electrons. The zero-order chi connectivity index (χ0) is 21.6. The van der Waals surface area contributed by atoms with E-state index in [1.54, 1.807) is 6.07 Å². The summed E-state index contributed by atoms with van der Waals surface area (Å²) in [5, 5.41) is 3.67. The molecule has 0 saturated carbocycles. The van der Waals surface area contributed by atoms with Crippen LogP contribution in [0.1, 0.15) is 30.4 Å². The zero-order valence-corrected chi connectivity index (χ0v) is 18.3. The first-order valence-electron chi connectivity index (χ1n) is 10.1. The second-order valence-corrected chi connectivity index (χ2v) is 9.88. The fraction of sp³-hybridized carbons (Fsp3) is 0.409. The van der Waals surface area contributed by atoms with Crippen molar-refractivity contribution in [2.75, 3.05) is 19.6 Å². The van der Waals surface area contributed by atoms with E-state index in [1.807, 2.05) is 24.3 Å². The number of carbonyl (C=O) groups excluding carboxylic acids is 1. The fourth-order valence-electron chi connectivity index (χ4n) is 3.64. The highest BCUT2D eigenvalue weighted by molar-refractivity contribution is 7.88. The van der Waals surface area contributed by atoms with E-state index in [-0.39, 0.29) is 36.2 Å². The first-order chi connectivity index (χ1) is 14.4. The minimum atomic E-state index is -3.61. The SMILES string of the molecule is O=C(NCCCc1ccccc1Cl)C1CCN(S(=O)(=O)Cc2ccccc2F)CC1. The lowest BCUT2D eigenvalue weighted by Crippen LogP contribution is -2.43. The van der Waals surface area contributed by atoms with Crippen LogP contribution in [0.4, 0.5) is 4.39 Å². The van der Waals surface area contributed by atoms with E-state index in [4.69, 9.17) is 11.6 Å². The van der Waals surface area contributed by atoms with E-state index >= 15 is 0 Å². The molecule has 0 spiro atoms. The van der Waals surface area contributed by atoms with E-state index in [0.29, 0.717) is 19.4 Å². The van der Waals surface area contributed by atoms with Gasteiger partial charge in [0.25, 0.3) is 0 Å². The van der Waals surface area contributed by atoms with Crippen LogP contribution in [0.3, 0.4) is 0 Å². The van der Waals surface area contributed by atoms with E-state index in [2.05, 4.69) is 5.32 Å². The second-order valence-electron chi connectivity index (χ2n) is 7.51. The minimum absolute atomic E-state index is 0.0414. The molecule has 1 saturated heterocycles. The summed E-state index contributed by atoms with van der Waals surface area (Å²) in [6, 6.07) is 13.5. The number of carbonyl (C=O) groups is 1. The highest BCUT2D eigenvalue weighted by atomic mass is 35.5. The van der Waals surface area contributed by atoms with Gasteiger partial charge in [0.1, 0.15) is 5.82 Å². The maximum Gasteiger partial charge on any atom is 0.223 e. The Morgan fingerprint density at radius 1 is 1.07 bits per heavy atom. The van der Waals surface area contributed by atoms with Gasteiger partial charge in [-0.3, -0.25) is 4.79 Å². The van der Waals surface area contributed by atoms with Crippen molar-refractivity contribution in [1.82, 2.24) is 9.62 Å². The zero-order valence-electron chi connectivity index (χ0n) is 16.7. The Balaban J connectivity index is 1.42. The van der Waals surface area contributed by atoms with Crippen LogP contribution in [-0.4, -0.2) is 38.3 Å². The third-order valence-corrected chi connectivity index (χ3v) is 7.59. The standard InChI is InChI=1S/C22H26ClFN2O3S/c23-20-9-3-1-6-17(20)8-5-13-25-22(27)18-11-14-26(15-12-18)30(28,29)16-19-7-2-4-10-21(19)24/h1-4,6-7,9-10,18H,5,8,11-16H2,(H,25,27). The van der Waals surface area contributed by atoms with Crippen molar-refractivity contribution in [3.8, 4) is 0 Å². The smallest absolute Gasteiger partial charge is 0.223 e. The molecule has 0 aliphatic carbocycles. The number of nitrogens with one attached hydrogen (secondary N) is 1. The minimum Gasteiger partial charge on any atom is -0.356 e. The van der Waals surface area contributed by atoms with E-state index in [9.17, 15) is 17.6 Å². The Hall–Kier alpha value is -1.96. The lowest BCUT2D eigenvalue weighted by Gasteiger charge is -2.30. The summed E-state index contributed by atoms with van der Waals surface area (Å²) in [4.78, 5) is 12.4. The van der Waals surface area contributed by atoms with Crippen LogP contribution >= 0.6 is 11.6 Å². The molecule has 8 heteroatoms. The Bertz CT molecular complexity index is 976. The molecule has 0 atom stereocenters. The average molecular weight is 453 g/mol. The Morgan fingerprint density at radius 2 is 1.70 bits per heavy atom. The van der Waals surface area contributed by atoms with Crippen LogP contribution in [0.2, 0.25) is 5.02 Å². The number of aryl methyl sites for hydroxylation is 1. The third-order valence-electron chi connectivity index (χ3n) is 5.39. The summed E-state index contributed by atoms with van der Waals surface area (Å²) in [5.41, 5.74) is 1.22. The van der Waals surface area contributed by atoms with Gasteiger partial charge < -0.3 is 5.32 Å². The molecule has 1 fully saturated rings. The second kappa shape index (κ2) is 10.4. The van der Waals surface area contributed by atoms with Gasteiger partial charge in [-0.25, -0.2) is 17.1 Å². The van der Waals surface area contributed by atoms with Gasteiger partial charge in [-0.2, -0.15) is 0 Å². The predicted octanol–water partition coefficient (Wildman–Crippen LogP) is 3.77. The van der Waals surface area contributed by atoms with Gasteiger partial charge in [-0.05, 0) is 43.4 Å². The maximum absolute atomic E-state index is 13.8. The summed E-state index contributed by atoms with van der Waals surface area (Å²) >= 11 is 6.14. The Morgan fingerprint density at radius 3 is 2.37 bits per heavy atom. The van der Waals surface area contributed by atoms with Crippen molar-refractivity contribution in [3.63, 3.8) is 0 Å². The highest BCUT2D eigenvalue weighted by Gasteiger charge is 2.31. The van der Waals surface area contributed by atoms with E-state index < -0.39 is 15.8 Å². The molecule has 30 heavy (non-hydrogen) atoms. The van der Waals surface area contributed by atoms with Crippen molar-refractivity contribution in [2.45, 2.75) is 31.4 Å². The number of amides is 1. The summed E-state index contributed by atoms with van der Waals surface area (Å²) in [7, 11) is -3.61. The molecule has 1 N–H and O–H groups in total. The van der Waals surface area contributed by atoms with Gasteiger partial charge in [-0.1, -0.05) is 48.0 Å². The number of halogens is 2. The van der Waals surface area contributed by atoms with Crippen LogP contribution in [0, 0.1) is 11.7 Å². The topological polar surface area (TPSA) is 66.5 Å². The van der Waals surface area contributed by atoms with Crippen molar-refractivity contribution in [2.24, 2.45) is 5.92 Å². The number of nitrogens with zero attached hydrogens (tertiary/aromatic N) is 1. The van der Waals surface area contributed by atoms with Crippen molar-refractivity contribution in [1.29, 1.82) is 0 Å². The molecule has 162 valence electrons. The normalized spacial score (nSPS) is 15.8. The maximum atomic E-state index is 13.8. The van der Waals surface area contributed by atoms with Crippen LogP contribution in [0.15, 0.2) is 48.5 Å². The quantitative estimate of drug-likeness (QED) is 0.620. The number of benzene rings is 2. The molecule has 2 aromatic rings. The van der Waals surface area contributed by atoms with Gasteiger partial charge in [-0.15, -0.1) is 0 Å². The molecular weight excluding hydrogens is 427 g/mol. The van der Waals surface area contributed by atoms with Crippen molar-refractivity contribution >= 4 is 27.5 Å². The van der Waals surface area contributed by atoms with Crippen LogP contribution < -0.4 is 5.32 Å². The highest BCUT2D eigenvalue weighted by Crippen LogP contribution is 2.23. The summed E-state index contributed by atoms with van der Waals surface area (Å²) in [5.74, 6) is -1.13. The van der Waals surface area contributed by atoms with Gasteiger partial charge >= 0.3 is 0 Å². The summed E-state index contributed by atoms with van der Waals surface area (Å²) in [6.45, 7) is 1.10. The van der Waals surface area contributed by atoms with Crippen molar-refractivity contribution < 1.29 is 17.6 Å². The largest absolute Gasteiger partial charge is 0.356 e. The molecule has 1 aliphatic heterocycles. The lowest BCUT2D eigenvalue weighted by atomic mass is 9.97. The molecule has 0 unspecified atom stereocenters. The monoisotopic (exact) mass is 452 g/mol. The Kier molecular flexibility index (Phi) is 7.86. The average Bonchev–Trinajstić information content (AvgIpc) is 2.74. The fourth-order valence-corrected chi connectivity index (χ4v) is 5.44. The van der Waals surface area contributed by atoms with E-state index in [0.717, 1.165) is 23.4 Å². The van der Waals surface area contributed by atoms with Crippen molar-refractivity contribution in [3.05, 3.63) is 70.5 Å².